The van der Waals surface area contributed by atoms with Gasteiger partial charge in [-0.1, -0.05) is 20.3 Å². The van der Waals surface area contributed by atoms with Gasteiger partial charge in [0.1, 0.15) is 0 Å². The molecule has 0 radical (unpaired) electrons. The molecule has 0 aromatic carbocycles. The summed E-state index contributed by atoms with van der Waals surface area (Å²) in [5.74, 6) is 0. The third-order valence-corrected chi connectivity index (χ3v) is 4.69. The minimum Gasteiger partial charge on any atom is -0.313 e. The summed E-state index contributed by atoms with van der Waals surface area (Å²) >= 11 is 2.03. The maximum atomic E-state index is 3.53. The Balaban J connectivity index is 1.73. The van der Waals surface area contributed by atoms with Crippen molar-refractivity contribution in [2.75, 3.05) is 13.1 Å². The highest BCUT2D eigenvalue weighted by Gasteiger charge is 2.11. The fraction of sp³-hybridized carbons (Fsp3) is 0.733. The minimum absolute atomic E-state index is 0.588. The van der Waals surface area contributed by atoms with E-state index in [4.69, 9.17) is 0 Å². The molecule has 0 fully saturated rings. The van der Waals surface area contributed by atoms with Crippen LogP contribution in [0.4, 0.5) is 0 Å². The molecule has 2 rings (SSSR count). The first kappa shape index (κ1) is 14.0. The van der Waals surface area contributed by atoms with Crippen LogP contribution >= 0.6 is 11.3 Å². The van der Waals surface area contributed by atoms with E-state index in [9.17, 15) is 0 Å². The lowest BCUT2D eigenvalue weighted by molar-refractivity contribution is 0.557. The first-order valence-corrected chi connectivity index (χ1v) is 8.12. The number of aryl methyl sites for hydroxylation is 2. The van der Waals surface area contributed by atoms with Crippen molar-refractivity contribution in [1.29, 1.82) is 0 Å². The van der Waals surface area contributed by atoms with E-state index in [2.05, 4.69) is 30.5 Å². The molecule has 0 aliphatic heterocycles. The highest BCUT2D eigenvalue weighted by molar-refractivity contribution is 7.12. The Morgan fingerprint density at radius 2 is 2.00 bits per heavy atom. The number of nitrogens with one attached hydrogen (secondary N) is 2. The van der Waals surface area contributed by atoms with Crippen molar-refractivity contribution in [3.63, 3.8) is 0 Å². The fourth-order valence-electron chi connectivity index (χ4n) is 2.48. The van der Waals surface area contributed by atoms with Crippen molar-refractivity contribution in [3.8, 4) is 0 Å². The van der Waals surface area contributed by atoms with Gasteiger partial charge in [-0.05, 0) is 37.3 Å². The number of rotatable bonds is 6. The van der Waals surface area contributed by atoms with Crippen LogP contribution in [-0.2, 0) is 19.4 Å². The van der Waals surface area contributed by atoms with Gasteiger partial charge in [-0.3, -0.25) is 0 Å². The SMILES string of the molecule is CC(C)NCCNCc1cc2c(s1)CCCCC2. The van der Waals surface area contributed by atoms with E-state index < -0.39 is 0 Å². The Hall–Kier alpha value is -0.380. The van der Waals surface area contributed by atoms with Gasteiger partial charge in [-0.25, -0.2) is 0 Å². The van der Waals surface area contributed by atoms with Crippen molar-refractivity contribution in [3.05, 3.63) is 21.4 Å². The summed E-state index contributed by atoms with van der Waals surface area (Å²) in [6, 6.07) is 3.03. The molecule has 1 heterocycles. The molecule has 3 heteroatoms. The molecule has 0 atom stereocenters. The average molecular weight is 266 g/mol. The Morgan fingerprint density at radius 1 is 1.17 bits per heavy atom. The van der Waals surface area contributed by atoms with Gasteiger partial charge < -0.3 is 10.6 Å². The normalized spacial score (nSPS) is 15.7. The molecule has 2 nitrogen and oxygen atoms in total. The molecule has 1 aromatic rings. The second-order valence-electron chi connectivity index (χ2n) is 5.51. The molecule has 102 valence electrons. The van der Waals surface area contributed by atoms with Gasteiger partial charge in [0.2, 0.25) is 0 Å². The number of thiophene rings is 1. The number of fused-ring (bicyclic) bond motifs is 1. The van der Waals surface area contributed by atoms with Crippen LogP contribution in [0, 0.1) is 0 Å². The van der Waals surface area contributed by atoms with Crippen LogP contribution in [0.5, 0.6) is 0 Å². The first-order valence-electron chi connectivity index (χ1n) is 7.30. The van der Waals surface area contributed by atoms with Crippen molar-refractivity contribution in [1.82, 2.24) is 10.6 Å². The maximum Gasteiger partial charge on any atom is 0.0300 e. The fourth-order valence-corrected chi connectivity index (χ4v) is 3.71. The smallest absolute Gasteiger partial charge is 0.0300 e. The van der Waals surface area contributed by atoms with Crippen molar-refractivity contribution in [2.24, 2.45) is 0 Å². The summed E-state index contributed by atoms with van der Waals surface area (Å²) in [4.78, 5) is 3.18. The predicted octanol–water partition coefficient (Wildman–Crippen LogP) is 3.10. The summed E-state index contributed by atoms with van der Waals surface area (Å²) in [5, 5.41) is 6.96. The molecule has 1 aliphatic carbocycles. The molecule has 18 heavy (non-hydrogen) atoms. The van der Waals surface area contributed by atoms with Gasteiger partial charge in [0.25, 0.3) is 0 Å². The molecule has 0 amide bonds. The van der Waals surface area contributed by atoms with E-state index in [0.717, 1.165) is 19.6 Å². The van der Waals surface area contributed by atoms with E-state index in [0.29, 0.717) is 6.04 Å². The van der Waals surface area contributed by atoms with Crippen LogP contribution in [0.25, 0.3) is 0 Å². The van der Waals surface area contributed by atoms with Crippen LogP contribution in [0.1, 0.15) is 48.4 Å². The van der Waals surface area contributed by atoms with Gasteiger partial charge in [-0.15, -0.1) is 11.3 Å². The molecule has 1 aliphatic rings. The van der Waals surface area contributed by atoms with Crippen LogP contribution in [0.15, 0.2) is 6.07 Å². The second kappa shape index (κ2) is 7.27. The van der Waals surface area contributed by atoms with Gasteiger partial charge in [0.15, 0.2) is 0 Å². The molecule has 0 bridgehead atoms. The highest BCUT2D eigenvalue weighted by atomic mass is 32.1. The first-order chi connectivity index (χ1) is 8.75. The van der Waals surface area contributed by atoms with E-state index in [-0.39, 0.29) is 0 Å². The van der Waals surface area contributed by atoms with E-state index in [1.165, 1.54) is 37.0 Å². The zero-order chi connectivity index (χ0) is 12.8. The largest absolute Gasteiger partial charge is 0.313 e. The lowest BCUT2D eigenvalue weighted by Crippen LogP contribution is -2.31. The highest BCUT2D eigenvalue weighted by Crippen LogP contribution is 2.28. The maximum absolute atomic E-state index is 3.53. The van der Waals surface area contributed by atoms with Gasteiger partial charge in [0.05, 0.1) is 0 Å². The van der Waals surface area contributed by atoms with Crippen LogP contribution < -0.4 is 10.6 Å². The zero-order valence-electron chi connectivity index (χ0n) is 11.7. The lowest BCUT2D eigenvalue weighted by Gasteiger charge is -2.08. The standard InChI is InChI=1S/C15H26N2S/c1-12(2)17-9-8-16-11-14-10-13-6-4-3-5-7-15(13)18-14/h10,12,16-17H,3-9,11H2,1-2H3. The predicted molar refractivity (Wildman–Crippen MR) is 80.4 cm³/mol. The van der Waals surface area contributed by atoms with Gasteiger partial charge >= 0.3 is 0 Å². The summed E-state index contributed by atoms with van der Waals surface area (Å²) in [5.41, 5.74) is 1.63. The van der Waals surface area contributed by atoms with E-state index in [1.54, 1.807) is 10.4 Å². The topological polar surface area (TPSA) is 24.1 Å². The van der Waals surface area contributed by atoms with Crippen LogP contribution in [-0.4, -0.2) is 19.1 Å². The molecule has 0 unspecified atom stereocenters. The Labute approximate surface area is 115 Å². The van der Waals surface area contributed by atoms with Crippen molar-refractivity contribution in [2.45, 2.75) is 58.5 Å². The van der Waals surface area contributed by atoms with Crippen LogP contribution in [0.3, 0.4) is 0 Å². The third-order valence-electron chi connectivity index (χ3n) is 3.45. The van der Waals surface area contributed by atoms with Gasteiger partial charge in [-0.2, -0.15) is 0 Å². The molecular weight excluding hydrogens is 240 g/mol. The molecular formula is C15H26N2S. The minimum atomic E-state index is 0.588. The third kappa shape index (κ3) is 4.38. The quantitative estimate of drug-likeness (QED) is 0.611. The van der Waals surface area contributed by atoms with E-state index >= 15 is 0 Å². The summed E-state index contributed by atoms with van der Waals surface area (Å²) in [6.45, 7) is 7.54. The molecule has 0 saturated heterocycles. The molecule has 0 spiro atoms. The summed E-state index contributed by atoms with van der Waals surface area (Å²) < 4.78 is 0. The summed E-state index contributed by atoms with van der Waals surface area (Å²) in [7, 11) is 0. The van der Waals surface area contributed by atoms with Crippen molar-refractivity contribution >= 4 is 11.3 Å². The average Bonchev–Trinajstić information content (AvgIpc) is 2.58. The van der Waals surface area contributed by atoms with Gasteiger partial charge in [0, 0.05) is 35.4 Å². The Kier molecular flexibility index (Phi) is 5.67. The Bertz CT molecular complexity index is 334. The zero-order valence-corrected chi connectivity index (χ0v) is 12.5. The number of hydrogen-bond donors (Lipinski definition) is 2. The molecule has 1 aromatic heterocycles. The number of hydrogen-bond acceptors (Lipinski definition) is 3. The van der Waals surface area contributed by atoms with Crippen molar-refractivity contribution < 1.29 is 0 Å². The summed E-state index contributed by atoms with van der Waals surface area (Å²) in [6.07, 6.45) is 6.80. The lowest BCUT2D eigenvalue weighted by atomic mass is 10.1. The molecule has 2 N–H and O–H groups in total. The van der Waals surface area contributed by atoms with E-state index in [1.807, 2.05) is 11.3 Å². The Morgan fingerprint density at radius 3 is 2.83 bits per heavy atom. The monoisotopic (exact) mass is 266 g/mol. The molecule has 0 saturated carbocycles. The second-order valence-corrected chi connectivity index (χ2v) is 6.73. The van der Waals surface area contributed by atoms with Crippen LogP contribution in [0.2, 0.25) is 0 Å².